The Labute approximate surface area is 129 Å². The number of esters is 2. The third-order valence-electron chi connectivity index (χ3n) is 3.50. The summed E-state index contributed by atoms with van der Waals surface area (Å²) >= 11 is 0. The molecule has 0 saturated carbocycles. The lowest BCUT2D eigenvalue weighted by Crippen LogP contribution is -2.16. The fourth-order valence-corrected chi connectivity index (χ4v) is 2.39. The van der Waals surface area contributed by atoms with Crippen LogP contribution in [-0.2, 0) is 19.1 Å². The number of hydrogen-bond acceptors (Lipinski definition) is 6. The van der Waals surface area contributed by atoms with Gasteiger partial charge in [0, 0.05) is 11.7 Å². The molecule has 0 radical (unpaired) electrons. The van der Waals surface area contributed by atoms with E-state index >= 15 is 0 Å². The Morgan fingerprint density at radius 1 is 1.32 bits per heavy atom. The van der Waals surface area contributed by atoms with Crippen molar-refractivity contribution >= 4 is 17.6 Å². The van der Waals surface area contributed by atoms with Crippen LogP contribution in [0.1, 0.15) is 24.4 Å². The Hall–Kier alpha value is -2.34. The van der Waals surface area contributed by atoms with Crippen LogP contribution in [0.4, 0.5) is 5.69 Å². The topological polar surface area (TPSA) is 76.7 Å². The molecule has 1 fully saturated rings. The van der Waals surface area contributed by atoms with Crippen molar-refractivity contribution in [3.63, 3.8) is 0 Å². The number of hydrogen-bond donors (Lipinski definition) is 2. The van der Waals surface area contributed by atoms with Crippen LogP contribution in [0.15, 0.2) is 36.0 Å². The van der Waals surface area contributed by atoms with Crippen LogP contribution in [0, 0.1) is 0 Å². The molecule has 22 heavy (non-hydrogen) atoms. The largest absolute Gasteiger partial charge is 0.466 e. The van der Waals surface area contributed by atoms with Crippen LogP contribution in [0.3, 0.4) is 0 Å². The second kappa shape index (κ2) is 7.61. The predicted molar refractivity (Wildman–Crippen MR) is 82.2 cm³/mol. The maximum absolute atomic E-state index is 11.7. The third-order valence-corrected chi connectivity index (χ3v) is 3.50. The zero-order valence-electron chi connectivity index (χ0n) is 12.7. The molecule has 1 aromatic carbocycles. The maximum atomic E-state index is 11.7. The average Bonchev–Trinajstić information content (AvgIpc) is 3.08. The molecule has 0 bridgehead atoms. The monoisotopic (exact) mass is 304 g/mol. The number of benzene rings is 1. The van der Waals surface area contributed by atoms with Crippen molar-refractivity contribution in [1.82, 2.24) is 5.32 Å². The van der Waals surface area contributed by atoms with Gasteiger partial charge < -0.3 is 20.1 Å². The van der Waals surface area contributed by atoms with Gasteiger partial charge in [0.05, 0.1) is 20.3 Å². The molecule has 1 heterocycles. The van der Waals surface area contributed by atoms with Crippen LogP contribution in [-0.4, -0.2) is 32.7 Å². The number of methoxy groups -OCH3 is 2. The van der Waals surface area contributed by atoms with E-state index in [0.717, 1.165) is 31.0 Å². The van der Waals surface area contributed by atoms with Gasteiger partial charge in [-0.05, 0) is 37.1 Å². The zero-order chi connectivity index (χ0) is 15.9. The van der Waals surface area contributed by atoms with Crippen molar-refractivity contribution in [3.05, 3.63) is 41.6 Å². The molecule has 1 unspecified atom stereocenters. The van der Waals surface area contributed by atoms with E-state index in [0.29, 0.717) is 11.7 Å². The van der Waals surface area contributed by atoms with Crippen molar-refractivity contribution in [1.29, 1.82) is 0 Å². The quantitative estimate of drug-likeness (QED) is 0.637. The number of ether oxygens (including phenoxy) is 2. The highest BCUT2D eigenvalue weighted by molar-refractivity contribution is 5.98. The first kappa shape index (κ1) is 16.0. The molecule has 2 N–H and O–H groups in total. The van der Waals surface area contributed by atoms with E-state index in [2.05, 4.69) is 20.1 Å². The minimum atomic E-state index is -0.630. The Kier molecular flexibility index (Phi) is 5.55. The first-order chi connectivity index (χ1) is 10.6. The van der Waals surface area contributed by atoms with Gasteiger partial charge in [-0.3, -0.25) is 0 Å². The number of carbonyl (C=O) groups excluding carboxylic acids is 2. The highest BCUT2D eigenvalue weighted by atomic mass is 16.5. The van der Waals surface area contributed by atoms with Gasteiger partial charge in [-0.15, -0.1) is 0 Å². The molecule has 1 atom stereocenters. The van der Waals surface area contributed by atoms with Crippen LogP contribution in [0.25, 0.3) is 0 Å². The zero-order valence-corrected chi connectivity index (χ0v) is 12.7. The van der Waals surface area contributed by atoms with Gasteiger partial charge in [-0.25, -0.2) is 9.59 Å². The highest BCUT2D eigenvalue weighted by Crippen LogP contribution is 2.25. The van der Waals surface area contributed by atoms with Gasteiger partial charge in [-0.2, -0.15) is 0 Å². The van der Waals surface area contributed by atoms with Gasteiger partial charge in [0.25, 0.3) is 0 Å². The van der Waals surface area contributed by atoms with Crippen molar-refractivity contribution in [3.8, 4) is 0 Å². The lowest BCUT2D eigenvalue weighted by Gasteiger charge is -2.14. The van der Waals surface area contributed by atoms with Gasteiger partial charge in [0.15, 0.2) is 0 Å². The van der Waals surface area contributed by atoms with Crippen LogP contribution in [0.2, 0.25) is 0 Å². The Bertz CT molecular complexity index is 577. The summed E-state index contributed by atoms with van der Waals surface area (Å²) in [6.07, 6.45) is 3.32. The Morgan fingerprint density at radius 2 is 2.14 bits per heavy atom. The number of anilines is 1. The molecule has 0 aliphatic carbocycles. The van der Waals surface area contributed by atoms with E-state index in [1.165, 1.54) is 14.2 Å². The van der Waals surface area contributed by atoms with Gasteiger partial charge in [0.2, 0.25) is 0 Å². The highest BCUT2D eigenvalue weighted by Gasteiger charge is 2.17. The second-order valence-corrected chi connectivity index (χ2v) is 4.97. The van der Waals surface area contributed by atoms with E-state index in [1.54, 1.807) is 0 Å². The summed E-state index contributed by atoms with van der Waals surface area (Å²) in [5, 5.41) is 6.34. The van der Waals surface area contributed by atoms with Crippen molar-refractivity contribution in [2.24, 2.45) is 0 Å². The molecule has 1 aliphatic rings. The summed E-state index contributed by atoms with van der Waals surface area (Å²) in [4.78, 5) is 23.1. The molecule has 0 amide bonds. The summed E-state index contributed by atoms with van der Waals surface area (Å²) in [7, 11) is 2.51. The first-order valence-corrected chi connectivity index (χ1v) is 7.12. The molecule has 0 aromatic heterocycles. The van der Waals surface area contributed by atoms with Gasteiger partial charge in [0.1, 0.15) is 5.70 Å². The minimum Gasteiger partial charge on any atom is -0.466 e. The van der Waals surface area contributed by atoms with E-state index in [4.69, 9.17) is 0 Å². The summed E-state index contributed by atoms with van der Waals surface area (Å²) in [6, 6.07) is 8.05. The molecule has 6 heteroatoms. The van der Waals surface area contributed by atoms with E-state index in [1.807, 2.05) is 24.3 Å². The summed E-state index contributed by atoms with van der Waals surface area (Å²) in [5.41, 5.74) is 1.89. The molecule has 1 aromatic rings. The molecule has 0 spiro atoms. The van der Waals surface area contributed by atoms with Gasteiger partial charge >= 0.3 is 11.9 Å². The van der Waals surface area contributed by atoms with E-state index in [-0.39, 0.29) is 5.70 Å². The number of carbonyl (C=O) groups is 2. The summed E-state index contributed by atoms with van der Waals surface area (Å²) < 4.78 is 9.22. The van der Waals surface area contributed by atoms with Crippen molar-refractivity contribution < 1.29 is 19.1 Å². The maximum Gasteiger partial charge on any atom is 0.354 e. The van der Waals surface area contributed by atoms with Crippen LogP contribution >= 0.6 is 0 Å². The first-order valence-electron chi connectivity index (χ1n) is 7.12. The van der Waals surface area contributed by atoms with Crippen LogP contribution < -0.4 is 10.6 Å². The lowest BCUT2D eigenvalue weighted by molar-refractivity contribution is -0.138. The number of nitrogens with one attached hydrogen (secondary N) is 2. The predicted octanol–water partition coefficient (Wildman–Crippen LogP) is 1.75. The van der Waals surface area contributed by atoms with Crippen molar-refractivity contribution in [2.75, 3.05) is 26.1 Å². The summed E-state index contributed by atoms with van der Waals surface area (Å²) in [5.74, 6) is -1.25. The third kappa shape index (κ3) is 4.08. The standard InChI is InChI=1S/C16H20N2O4/c1-21-15(19)10-14(16(20)22-2)18-12-6-3-5-11(9-12)13-7-4-8-17-13/h3,5-6,9-10,13,17-18H,4,7-8H2,1-2H3/b14-10+. The molecule has 6 nitrogen and oxygen atoms in total. The fourth-order valence-electron chi connectivity index (χ4n) is 2.39. The van der Waals surface area contributed by atoms with E-state index < -0.39 is 11.9 Å². The second-order valence-electron chi connectivity index (χ2n) is 4.97. The Balaban J connectivity index is 2.18. The summed E-state index contributed by atoms with van der Waals surface area (Å²) in [6.45, 7) is 1.01. The molecular formula is C16H20N2O4. The molecule has 1 aliphatic heterocycles. The number of rotatable bonds is 5. The molecular weight excluding hydrogens is 284 g/mol. The fraction of sp³-hybridized carbons (Fsp3) is 0.375. The molecule has 2 rings (SSSR count). The van der Waals surface area contributed by atoms with Crippen molar-refractivity contribution in [2.45, 2.75) is 18.9 Å². The SMILES string of the molecule is COC(=O)/C=C(/Nc1cccc(C2CCCN2)c1)C(=O)OC. The average molecular weight is 304 g/mol. The molecule has 1 saturated heterocycles. The molecule has 118 valence electrons. The smallest absolute Gasteiger partial charge is 0.354 e. The van der Waals surface area contributed by atoms with E-state index in [9.17, 15) is 9.59 Å². The Morgan fingerprint density at radius 3 is 2.77 bits per heavy atom. The van der Waals surface area contributed by atoms with Gasteiger partial charge in [-0.1, -0.05) is 12.1 Å². The van der Waals surface area contributed by atoms with Crippen LogP contribution in [0.5, 0.6) is 0 Å². The lowest BCUT2D eigenvalue weighted by atomic mass is 10.0. The minimum absolute atomic E-state index is 0.0332. The normalized spacial score (nSPS) is 17.9.